The van der Waals surface area contributed by atoms with Gasteiger partial charge < -0.3 is 9.73 Å². The molecule has 0 aliphatic rings. The van der Waals surface area contributed by atoms with Gasteiger partial charge in [0, 0.05) is 5.69 Å². The Balaban J connectivity index is 2.23. The van der Waals surface area contributed by atoms with Gasteiger partial charge in [0.1, 0.15) is 0 Å². The topological polar surface area (TPSA) is 79.6 Å². The first-order valence-electron chi connectivity index (χ1n) is 5.29. The minimum absolute atomic E-state index is 0.0680. The monoisotopic (exact) mass is 221 g/mol. The van der Waals surface area contributed by atoms with Crippen LogP contribution in [0.15, 0.2) is 10.6 Å². The van der Waals surface area contributed by atoms with Crippen LogP contribution in [-0.2, 0) is 0 Å². The summed E-state index contributed by atoms with van der Waals surface area (Å²) >= 11 is 0. The Bertz CT molecular complexity index is 461. The van der Waals surface area contributed by atoms with Crippen molar-refractivity contribution in [3.63, 3.8) is 0 Å². The van der Waals surface area contributed by atoms with Crippen LogP contribution in [0.25, 0.3) is 11.5 Å². The number of hydrogen-bond donors (Lipinski definition) is 2. The van der Waals surface area contributed by atoms with E-state index in [4.69, 9.17) is 4.42 Å². The molecule has 0 amide bonds. The van der Waals surface area contributed by atoms with E-state index < -0.39 is 0 Å². The number of aromatic amines is 1. The number of nitrogens with one attached hydrogen (secondary N) is 2. The molecule has 0 fully saturated rings. The molecular formula is C10H15N5O. The molecule has 0 bridgehead atoms. The normalized spacial score (nSPS) is 12.9. The number of aromatic nitrogens is 4. The molecule has 2 N–H and O–H groups in total. The van der Waals surface area contributed by atoms with Gasteiger partial charge in [-0.15, -0.1) is 10.2 Å². The molecule has 0 aromatic carbocycles. The quantitative estimate of drug-likeness (QED) is 0.816. The zero-order chi connectivity index (χ0) is 11.5. The lowest BCUT2D eigenvalue weighted by Crippen LogP contribution is -2.17. The maximum Gasteiger partial charge on any atom is 0.251 e. The van der Waals surface area contributed by atoms with Crippen molar-refractivity contribution in [1.82, 2.24) is 25.7 Å². The summed E-state index contributed by atoms with van der Waals surface area (Å²) in [4.78, 5) is 0. The highest BCUT2D eigenvalue weighted by Gasteiger charge is 2.15. The first-order valence-corrected chi connectivity index (χ1v) is 5.29. The van der Waals surface area contributed by atoms with E-state index in [9.17, 15) is 0 Å². The number of aryl methyl sites for hydroxylation is 1. The van der Waals surface area contributed by atoms with Crippen LogP contribution in [-0.4, -0.2) is 26.9 Å². The van der Waals surface area contributed by atoms with Crippen molar-refractivity contribution in [3.8, 4) is 11.5 Å². The zero-order valence-corrected chi connectivity index (χ0v) is 9.61. The lowest BCUT2D eigenvalue weighted by molar-refractivity contribution is 0.429. The van der Waals surface area contributed by atoms with Crippen molar-refractivity contribution in [2.45, 2.75) is 26.8 Å². The van der Waals surface area contributed by atoms with Crippen LogP contribution in [0.2, 0.25) is 0 Å². The minimum Gasteiger partial charge on any atom is -0.419 e. The molecular weight excluding hydrogens is 206 g/mol. The third-order valence-electron chi connectivity index (χ3n) is 2.38. The molecule has 0 aliphatic carbocycles. The molecule has 16 heavy (non-hydrogen) atoms. The third kappa shape index (κ3) is 1.96. The molecule has 2 aromatic rings. The van der Waals surface area contributed by atoms with E-state index in [1.165, 1.54) is 0 Å². The van der Waals surface area contributed by atoms with E-state index in [1.807, 2.05) is 20.8 Å². The fourth-order valence-electron chi connectivity index (χ4n) is 1.48. The van der Waals surface area contributed by atoms with Gasteiger partial charge in [0.25, 0.3) is 5.89 Å². The van der Waals surface area contributed by atoms with Gasteiger partial charge in [0.15, 0.2) is 0 Å². The first kappa shape index (κ1) is 10.8. The van der Waals surface area contributed by atoms with Crippen molar-refractivity contribution >= 4 is 0 Å². The highest BCUT2D eigenvalue weighted by molar-refractivity contribution is 5.53. The summed E-state index contributed by atoms with van der Waals surface area (Å²) < 4.78 is 5.58. The summed E-state index contributed by atoms with van der Waals surface area (Å²) in [6, 6.07) is 0.0680. The van der Waals surface area contributed by atoms with Gasteiger partial charge in [0.2, 0.25) is 5.89 Å². The second-order valence-electron chi connectivity index (χ2n) is 3.63. The van der Waals surface area contributed by atoms with Gasteiger partial charge in [0.05, 0.1) is 17.8 Å². The molecule has 6 nitrogen and oxygen atoms in total. The van der Waals surface area contributed by atoms with Crippen LogP contribution in [0.3, 0.4) is 0 Å². The first-order chi connectivity index (χ1) is 7.72. The molecule has 0 saturated heterocycles. The SMILES string of the molecule is CCNC(C)c1nnc(-c2cn[nH]c2C)o1. The van der Waals surface area contributed by atoms with Crippen molar-refractivity contribution in [2.24, 2.45) is 0 Å². The van der Waals surface area contributed by atoms with Gasteiger partial charge >= 0.3 is 0 Å². The zero-order valence-electron chi connectivity index (χ0n) is 9.61. The van der Waals surface area contributed by atoms with E-state index in [1.54, 1.807) is 6.20 Å². The predicted octanol–water partition coefficient (Wildman–Crippen LogP) is 1.44. The minimum atomic E-state index is 0.0680. The standard InChI is InChI=1S/C10H15N5O/c1-4-11-7(3)9-14-15-10(16-9)8-5-12-13-6(8)2/h5,7,11H,4H2,1-3H3,(H,12,13). The van der Waals surface area contributed by atoms with E-state index in [-0.39, 0.29) is 6.04 Å². The van der Waals surface area contributed by atoms with E-state index in [0.717, 1.165) is 17.8 Å². The van der Waals surface area contributed by atoms with Crippen LogP contribution in [0.4, 0.5) is 0 Å². The number of H-pyrrole nitrogens is 1. The largest absolute Gasteiger partial charge is 0.419 e. The summed E-state index contributed by atoms with van der Waals surface area (Å²) in [5.41, 5.74) is 1.77. The molecule has 2 rings (SSSR count). The van der Waals surface area contributed by atoms with Gasteiger partial charge in [-0.25, -0.2) is 0 Å². The van der Waals surface area contributed by atoms with Crippen molar-refractivity contribution < 1.29 is 4.42 Å². The Labute approximate surface area is 93.5 Å². The second kappa shape index (κ2) is 4.44. The lowest BCUT2D eigenvalue weighted by Gasteiger charge is -2.05. The lowest BCUT2D eigenvalue weighted by atomic mass is 10.3. The molecule has 0 aliphatic heterocycles. The van der Waals surface area contributed by atoms with Crippen molar-refractivity contribution in [1.29, 1.82) is 0 Å². The van der Waals surface area contributed by atoms with Crippen molar-refractivity contribution in [3.05, 3.63) is 17.8 Å². The maximum absolute atomic E-state index is 5.58. The average Bonchev–Trinajstić information content (AvgIpc) is 2.86. The molecule has 0 radical (unpaired) electrons. The highest BCUT2D eigenvalue weighted by atomic mass is 16.4. The number of hydrogen-bond acceptors (Lipinski definition) is 5. The average molecular weight is 221 g/mol. The highest BCUT2D eigenvalue weighted by Crippen LogP contribution is 2.21. The molecule has 0 spiro atoms. The smallest absolute Gasteiger partial charge is 0.251 e. The molecule has 2 heterocycles. The Morgan fingerprint density at radius 1 is 1.50 bits per heavy atom. The van der Waals surface area contributed by atoms with Crippen LogP contribution < -0.4 is 5.32 Å². The summed E-state index contributed by atoms with van der Waals surface area (Å²) in [5.74, 6) is 1.10. The van der Waals surface area contributed by atoms with Crippen molar-refractivity contribution in [2.75, 3.05) is 6.54 Å². The summed E-state index contributed by atoms with van der Waals surface area (Å²) in [6.45, 7) is 6.81. The van der Waals surface area contributed by atoms with Gasteiger partial charge in [-0.05, 0) is 20.4 Å². The fourth-order valence-corrected chi connectivity index (χ4v) is 1.48. The van der Waals surface area contributed by atoms with Crippen LogP contribution in [0.1, 0.15) is 31.5 Å². The van der Waals surface area contributed by atoms with Crippen LogP contribution in [0, 0.1) is 6.92 Å². The summed E-state index contributed by atoms with van der Waals surface area (Å²) in [5, 5.41) is 18.0. The van der Waals surface area contributed by atoms with Gasteiger partial charge in [-0.1, -0.05) is 6.92 Å². The Morgan fingerprint density at radius 3 is 2.94 bits per heavy atom. The molecule has 86 valence electrons. The molecule has 1 unspecified atom stereocenters. The number of rotatable bonds is 4. The summed E-state index contributed by atoms with van der Waals surface area (Å²) in [7, 11) is 0. The van der Waals surface area contributed by atoms with Crippen LogP contribution >= 0.6 is 0 Å². The number of nitrogens with zero attached hydrogens (tertiary/aromatic N) is 3. The third-order valence-corrected chi connectivity index (χ3v) is 2.38. The van der Waals surface area contributed by atoms with Gasteiger partial charge in [-0.3, -0.25) is 5.10 Å². The Kier molecular flexibility index (Phi) is 3.00. The predicted molar refractivity (Wildman–Crippen MR) is 58.7 cm³/mol. The van der Waals surface area contributed by atoms with Crippen LogP contribution in [0.5, 0.6) is 0 Å². The Morgan fingerprint density at radius 2 is 2.31 bits per heavy atom. The van der Waals surface area contributed by atoms with E-state index >= 15 is 0 Å². The van der Waals surface area contributed by atoms with E-state index in [2.05, 4.69) is 25.7 Å². The molecule has 6 heteroatoms. The molecule has 1 atom stereocenters. The van der Waals surface area contributed by atoms with E-state index in [0.29, 0.717) is 11.8 Å². The molecule has 2 aromatic heterocycles. The maximum atomic E-state index is 5.58. The van der Waals surface area contributed by atoms with Gasteiger partial charge in [-0.2, -0.15) is 5.10 Å². The molecule has 0 saturated carbocycles. The Hall–Kier alpha value is -1.69. The second-order valence-corrected chi connectivity index (χ2v) is 3.63. The fraction of sp³-hybridized carbons (Fsp3) is 0.500. The summed E-state index contributed by atoms with van der Waals surface area (Å²) in [6.07, 6.45) is 1.69.